The molecule has 0 radical (unpaired) electrons. The van der Waals surface area contributed by atoms with Crippen molar-refractivity contribution in [2.45, 2.75) is 24.0 Å². The zero-order chi connectivity index (χ0) is 13.5. The van der Waals surface area contributed by atoms with E-state index in [0.717, 1.165) is 10.6 Å². The molecule has 1 aromatic carbocycles. The van der Waals surface area contributed by atoms with Crippen LogP contribution in [-0.2, 0) is 0 Å². The van der Waals surface area contributed by atoms with Crippen LogP contribution in [0.3, 0.4) is 0 Å². The highest BCUT2D eigenvalue weighted by Crippen LogP contribution is 2.36. The Labute approximate surface area is 116 Å². The molecule has 0 aliphatic rings. The molecular weight excluding hydrogens is 266 g/mol. The third-order valence-electron chi connectivity index (χ3n) is 1.93. The van der Waals surface area contributed by atoms with Gasteiger partial charge in [-0.3, -0.25) is 0 Å². The first-order valence-corrected chi connectivity index (χ1v) is 6.56. The van der Waals surface area contributed by atoms with Crippen molar-refractivity contribution in [2.75, 3.05) is 5.32 Å². The summed E-state index contributed by atoms with van der Waals surface area (Å²) in [5.41, 5.74) is 0.819. The van der Waals surface area contributed by atoms with Gasteiger partial charge in [0.2, 0.25) is 0 Å². The first kappa shape index (κ1) is 14.4. The van der Waals surface area contributed by atoms with E-state index in [2.05, 4.69) is 19.2 Å². The Balaban J connectivity index is 3.03. The van der Waals surface area contributed by atoms with Gasteiger partial charge in [0.15, 0.2) is 0 Å². The summed E-state index contributed by atoms with van der Waals surface area (Å²) < 4.78 is 0. The molecule has 0 spiro atoms. The lowest BCUT2D eigenvalue weighted by molar-refractivity contribution is 1.11. The van der Waals surface area contributed by atoms with E-state index in [4.69, 9.17) is 22.1 Å². The van der Waals surface area contributed by atoms with Gasteiger partial charge in [0.1, 0.15) is 17.7 Å². The fourth-order valence-electron chi connectivity index (χ4n) is 1.22. The third kappa shape index (κ3) is 4.00. The number of nitrogens with one attached hydrogen (secondary N) is 1. The molecule has 0 aliphatic carbocycles. The highest BCUT2D eigenvalue weighted by Gasteiger charge is 2.09. The van der Waals surface area contributed by atoms with Crippen LogP contribution >= 0.6 is 23.4 Å². The molecule has 0 heterocycles. The zero-order valence-electron chi connectivity index (χ0n) is 10.1. The zero-order valence-corrected chi connectivity index (χ0v) is 11.6. The summed E-state index contributed by atoms with van der Waals surface area (Å²) in [4.78, 5) is 0.917. The summed E-state index contributed by atoms with van der Waals surface area (Å²) in [5.74, 6) is 0. The van der Waals surface area contributed by atoms with Crippen molar-refractivity contribution in [2.24, 2.45) is 0 Å². The van der Waals surface area contributed by atoms with E-state index in [1.54, 1.807) is 23.9 Å². The van der Waals surface area contributed by atoms with Gasteiger partial charge in [-0.2, -0.15) is 10.5 Å². The van der Waals surface area contributed by atoms with Crippen molar-refractivity contribution >= 4 is 29.1 Å². The summed E-state index contributed by atoms with van der Waals surface area (Å²) in [7, 11) is 0. The van der Waals surface area contributed by atoms with Crippen LogP contribution in [0.5, 0.6) is 0 Å². The molecule has 0 saturated carbocycles. The number of halogens is 1. The number of hydrogen-bond donors (Lipinski definition) is 1. The number of nitrogens with zero attached hydrogens (tertiary/aromatic N) is 2. The molecule has 0 aliphatic heterocycles. The molecule has 1 aromatic rings. The molecule has 3 nitrogen and oxygen atoms in total. The Morgan fingerprint density at radius 3 is 2.61 bits per heavy atom. The first-order valence-electron chi connectivity index (χ1n) is 5.30. The van der Waals surface area contributed by atoms with E-state index in [-0.39, 0.29) is 5.57 Å². The van der Waals surface area contributed by atoms with Crippen LogP contribution in [0.25, 0.3) is 0 Å². The predicted octanol–water partition coefficient (Wildman–Crippen LogP) is 4.18. The van der Waals surface area contributed by atoms with E-state index in [1.165, 1.54) is 6.20 Å². The molecule has 0 aromatic heterocycles. The number of benzene rings is 1. The highest BCUT2D eigenvalue weighted by atomic mass is 35.5. The first-order chi connectivity index (χ1) is 8.58. The molecule has 92 valence electrons. The van der Waals surface area contributed by atoms with Crippen molar-refractivity contribution in [3.05, 3.63) is 35.0 Å². The topological polar surface area (TPSA) is 59.6 Å². The van der Waals surface area contributed by atoms with Crippen LogP contribution in [0.1, 0.15) is 13.8 Å². The average Bonchev–Trinajstić information content (AvgIpc) is 2.34. The Morgan fingerprint density at radius 1 is 1.39 bits per heavy atom. The summed E-state index contributed by atoms with van der Waals surface area (Å²) in [5, 5.41) is 21.3. The standard InChI is InChI=1S/C13H12ClN3S/c1-9(2)18-13-11(14)4-3-5-12(13)17-8-10(6-15)7-16/h3-5,8-9,17H,1-2H3. The maximum atomic E-state index is 8.66. The minimum Gasteiger partial charge on any atom is -0.359 e. The van der Waals surface area contributed by atoms with Crippen LogP contribution in [0.2, 0.25) is 5.02 Å². The van der Waals surface area contributed by atoms with Crippen LogP contribution in [-0.4, -0.2) is 5.25 Å². The minimum atomic E-state index is 0.0236. The second-order valence-corrected chi connectivity index (χ2v) is 5.70. The molecule has 0 unspecified atom stereocenters. The Hall–Kier alpha value is -1.62. The Kier molecular flexibility index (Phi) is 5.58. The van der Waals surface area contributed by atoms with Gasteiger partial charge in [-0.05, 0) is 12.1 Å². The fraction of sp³-hybridized carbons (Fsp3) is 0.231. The van der Waals surface area contributed by atoms with Gasteiger partial charge in [-0.25, -0.2) is 0 Å². The van der Waals surface area contributed by atoms with Gasteiger partial charge in [0, 0.05) is 16.3 Å². The molecule has 1 N–H and O–H groups in total. The van der Waals surface area contributed by atoms with Crippen molar-refractivity contribution in [1.82, 2.24) is 0 Å². The lowest BCUT2D eigenvalue weighted by Crippen LogP contribution is -1.95. The van der Waals surface area contributed by atoms with Crippen LogP contribution in [0.4, 0.5) is 5.69 Å². The van der Waals surface area contributed by atoms with Gasteiger partial charge in [-0.15, -0.1) is 11.8 Å². The maximum Gasteiger partial charge on any atom is 0.145 e. The molecule has 5 heteroatoms. The van der Waals surface area contributed by atoms with E-state index in [1.807, 2.05) is 18.2 Å². The molecule has 18 heavy (non-hydrogen) atoms. The monoisotopic (exact) mass is 277 g/mol. The van der Waals surface area contributed by atoms with Crippen molar-refractivity contribution in [1.29, 1.82) is 10.5 Å². The SMILES string of the molecule is CC(C)Sc1c(Cl)cccc1NC=C(C#N)C#N. The fourth-order valence-corrected chi connectivity index (χ4v) is 2.43. The lowest BCUT2D eigenvalue weighted by Gasteiger charge is -2.12. The Bertz CT molecular complexity index is 522. The van der Waals surface area contributed by atoms with Crippen molar-refractivity contribution < 1.29 is 0 Å². The van der Waals surface area contributed by atoms with Gasteiger partial charge < -0.3 is 5.32 Å². The molecular formula is C13H12ClN3S. The molecule has 1 rings (SSSR count). The summed E-state index contributed by atoms with van der Waals surface area (Å²) >= 11 is 7.77. The van der Waals surface area contributed by atoms with Gasteiger partial charge in [0.05, 0.1) is 10.7 Å². The van der Waals surface area contributed by atoms with E-state index < -0.39 is 0 Å². The lowest BCUT2D eigenvalue weighted by atomic mass is 10.3. The second kappa shape index (κ2) is 6.96. The average molecular weight is 278 g/mol. The number of thioether (sulfide) groups is 1. The predicted molar refractivity (Wildman–Crippen MR) is 75.4 cm³/mol. The van der Waals surface area contributed by atoms with E-state index in [0.29, 0.717) is 10.3 Å². The molecule has 0 amide bonds. The minimum absolute atomic E-state index is 0.0236. The van der Waals surface area contributed by atoms with Crippen LogP contribution in [0, 0.1) is 22.7 Å². The van der Waals surface area contributed by atoms with Crippen LogP contribution < -0.4 is 5.32 Å². The molecule has 0 bridgehead atoms. The summed E-state index contributed by atoms with van der Waals surface area (Å²) in [6, 6.07) is 9.09. The van der Waals surface area contributed by atoms with Gasteiger partial charge in [-0.1, -0.05) is 31.5 Å². The molecule has 0 saturated heterocycles. The van der Waals surface area contributed by atoms with Gasteiger partial charge in [0.25, 0.3) is 0 Å². The number of hydrogen-bond acceptors (Lipinski definition) is 4. The van der Waals surface area contributed by atoms with Crippen molar-refractivity contribution in [3.63, 3.8) is 0 Å². The Morgan fingerprint density at radius 2 is 2.06 bits per heavy atom. The largest absolute Gasteiger partial charge is 0.359 e. The van der Waals surface area contributed by atoms with Gasteiger partial charge >= 0.3 is 0 Å². The summed E-state index contributed by atoms with van der Waals surface area (Å²) in [6.45, 7) is 4.15. The van der Waals surface area contributed by atoms with Crippen molar-refractivity contribution in [3.8, 4) is 12.1 Å². The van der Waals surface area contributed by atoms with Crippen LogP contribution in [0.15, 0.2) is 34.9 Å². The third-order valence-corrected chi connectivity index (χ3v) is 3.51. The highest BCUT2D eigenvalue weighted by molar-refractivity contribution is 8.00. The maximum absolute atomic E-state index is 8.66. The second-order valence-electron chi connectivity index (χ2n) is 3.71. The smallest absolute Gasteiger partial charge is 0.145 e. The summed E-state index contributed by atoms with van der Waals surface area (Å²) in [6.07, 6.45) is 1.38. The number of rotatable bonds is 4. The number of allylic oxidation sites excluding steroid dienone is 1. The quantitative estimate of drug-likeness (QED) is 0.662. The normalized spacial score (nSPS) is 9.44. The molecule has 0 fully saturated rings. The number of anilines is 1. The number of nitriles is 2. The van der Waals surface area contributed by atoms with E-state index in [9.17, 15) is 0 Å². The molecule has 0 atom stereocenters. The van der Waals surface area contributed by atoms with E-state index >= 15 is 0 Å².